The Labute approximate surface area is 102 Å². The predicted octanol–water partition coefficient (Wildman–Crippen LogP) is 3.16. The minimum absolute atomic E-state index is 0.294. The lowest BCUT2D eigenvalue weighted by molar-refractivity contribution is 0.136. The molecule has 0 bridgehead atoms. The minimum atomic E-state index is -0.294. The molecule has 0 aromatic heterocycles. The Hall–Kier alpha value is -1.51. The number of carbonyl (C=O) groups is 1. The van der Waals surface area contributed by atoms with Gasteiger partial charge in [0.2, 0.25) is 0 Å². The Balaban J connectivity index is 1.73. The summed E-state index contributed by atoms with van der Waals surface area (Å²) in [7, 11) is 0. The van der Waals surface area contributed by atoms with E-state index in [4.69, 9.17) is 4.74 Å². The normalized spacial score (nSPS) is 15.8. The first-order valence-electron chi connectivity index (χ1n) is 6.23. The molecule has 92 valence electrons. The van der Waals surface area contributed by atoms with Gasteiger partial charge in [0.05, 0.1) is 0 Å². The molecule has 1 amide bonds. The maximum Gasteiger partial charge on any atom is 0.407 e. The van der Waals surface area contributed by atoms with Crippen molar-refractivity contribution in [2.45, 2.75) is 45.3 Å². The number of alkyl carbamates (subject to hydrolysis) is 1. The van der Waals surface area contributed by atoms with Crippen LogP contribution in [0, 0.1) is 6.92 Å². The van der Waals surface area contributed by atoms with E-state index in [1.54, 1.807) is 0 Å². The van der Waals surface area contributed by atoms with Gasteiger partial charge in [-0.15, -0.1) is 0 Å². The maximum absolute atomic E-state index is 11.5. The zero-order valence-corrected chi connectivity index (χ0v) is 10.2. The van der Waals surface area contributed by atoms with Crippen molar-refractivity contribution in [2.24, 2.45) is 0 Å². The fourth-order valence-electron chi connectivity index (χ4n) is 2.11. The number of rotatable bonds is 3. The molecule has 0 aliphatic heterocycles. The predicted molar refractivity (Wildman–Crippen MR) is 66.8 cm³/mol. The first kappa shape index (κ1) is 12.0. The van der Waals surface area contributed by atoms with Gasteiger partial charge in [0.25, 0.3) is 0 Å². The average Bonchev–Trinajstić information content (AvgIpc) is 2.81. The summed E-state index contributed by atoms with van der Waals surface area (Å²) in [6.07, 6.45) is 4.29. The Morgan fingerprint density at radius 3 is 2.59 bits per heavy atom. The van der Waals surface area contributed by atoms with Gasteiger partial charge in [-0.05, 0) is 25.3 Å². The molecule has 0 atom stereocenters. The summed E-state index contributed by atoms with van der Waals surface area (Å²) in [5, 5.41) is 2.90. The molecule has 0 spiro atoms. The Morgan fingerprint density at radius 1 is 1.29 bits per heavy atom. The highest BCUT2D eigenvalue weighted by Crippen LogP contribution is 2.17. The van der Waals surface area contributed by atoms with Gasteiger partial charge in [0.15, 0.2) is 0 Å². The van der Waals surface area contributed by atoms with Crippen LogP contribution in [-0.4, -0.2) is 12.1 Å². The maximum atomic E-state index is 11.5. The minimum Gasteiger partial charge on any atom is -0.445 e. The van der Waals surface area contributed by atoms with Gasteiger partial charge in [-0.2, -0.15) is 0 Å². The van der Waals surface area contributed by atoms with Gasteiger partial charge in [0, 0.05) is 6.04 Å². The molecule has 1 aromatic rings. The van der Waals surface area contributed by atoms with Crippen LogP contribution in [0.2, 0.25) is 0 Å². The molecular weight excluding hydrogens is 214 g/mol. The van der Waals surface area contributed by atoms with Gasteiger partial charge < -0.3 is 10.1 Å². The van der Waals surface area contributed by atoms with E-state index >= 15 is 0 Å². The molecule has 0 saturated heterocycles. The van der Waals surface area contributed by atoms with Crippen LogP contribution in [0.15, 0.2) is 24.3 Å². The topological polar surface area (TPSA) is 38.3 Å². The van der Waals surface area contributed by atoms with Crippen molar-refractivity contribution in [2.75, 3.05) is 0 Å². The number of amides is 1. The van der Waals surface area contributed by atoms with Crippen molar-refractivity contribution in [1.82, 2.24) is 5.32 Å². The van der Waals surface area contributed by atoms with E-state index < -0.39 is 0 Å². The second-order valence-corrected chi connectivity index (χ2v) is 4.69. The van der Waals surface area contributed by atoms with Crippen LogP contribution < -0.4 is 5.32 Å². The zero-order valence-electron chi connectivity index (χ0n) is 10.2. The van der Waals surface area contributed by atoms with Crippen molar-refractivity contribution in [3.8, 4) is 0 Å². The molecule has 0 heterocycles. The highest BCUT2D eigenvalue weighted by molar-refractivity contribution is 5.67. The highest BCUT2D eigenvalue weighted by Gasteiger charge is 2.17. The molecule has 17 heavy (non-hydrogen) atoms. The number of hydrogen-bond donors (Lipinski definition) is 1. The van der Waals surface area contributed by atoms with Gasteiger partial charge in [-0.3, -0.25) is 0 Å². The number of nitrogens with one attached hydrogen (secondary N) is 1. The zero-order chi connectivity index (χ0) is 12.1. The monoisotopic (exact) mass is 233 g/mol. The van der Waals surface area contributed by atoms with E-state index in [1.165, 1.54) is 18.4 Å². The summed E-state index contributed by atoms with van der Waals surface area (Å²) in [5.41, 5.74) is 2.24. The Morgan fingerprint density at radius 2 is 1.94 bits per heavy atom. The van der Waals surface area contributed by atoms with Gasteiger partial charge in [-0.1, -0.05) is 42.7 Å². The van der Waals surface area contributed by atoms with Crippen molar-refractivity contribution >= 4 is 6.09 Å². The van der Waals surface area contributed by atoms with Crippen LogP contribution in [-0.2, 0) is 11.3 Å². The summed E-state index contributed by atoms with van der Waals surface area (Å²) >= 11 is 0. The summed E-state index contributed by atoms with van der Waals surface area (Å²) in [4.78, 5) is 11.5. The Kier molecular flexibility index (Phi) is 4.02. The van der Waals surface area contributed by atoms with E-state index in [9.17, 15) is 4.79 Å². The fraction of sp³-hybridized carbons (Fsp3) is 0.500. The number of ether oxygens (including phenoxy) is 1. The third-order valence-corrected chi connectivity index (χ3v) is 3.17. The molecule has 1 aliphatic rings. The molecule has 3 nitrogen and oxygen atoms in total. The largest absolute Gasteiger partial charge is 0.445 e. The van der Waals surface area contributed by atoms with Crippen molar-refractivity contribution < 1.29 is 9.53 Å². The Bertz CT molecular complexity index is 366. The van der Waals surface area contributed by atoms with Crippen molar-refractivity contribution in [1.29, 1.82) is 0 Å². The van der Waals surface area contributed by atoms with E-state index in [2.05, 4.69) is 5.32 Å². The standard InChI is InChI=1S/C14H19NO2/c1-11-6-8-12(9-7-11)10-17-14(16)15-13-4-2-3-5-13/h6-9,13H,2-5,10H2,1H3,(H,15,16). The third kappa shape index (κ3) is 3.77. The molecule has 0 unspecified atom stereocenters. The second-order valence-electron chi connectivity index (χ2n) is 4.69. The van der Waals surface area contributed by atoms with Gasteiger partial charge in [-0.25, -0.2) is 4.79 Å². The first-order valence-corrected chi connectivity index (χ1v) is 6.23. The molecule has 1 fully saturated rings. The number of hydrogen-bond acceptors (Lipinski definition) is 2. The molecule has 1 aromatic carbocycles. The molecule has 1 N–H and O–H groups in total. The summed E-state index contributed by atoms with van der Waals surface area (Å²) < 4.78 is 5.18. The third-order valence-electron chi connectivity index (χ3n) is 3.17. The smallest absolute Gasteiger partial charge is 0.407 e. The number of aryl methyl sites for hydroxylation is 1. The molecule has 3 heteroatoms. The fourth-order valence-corrected chi connectivity index (χ4v) is 2.11. The molecular formula is C14H19NO2. The van der Waals surface area contributed by atoms with Crippen LogP contribution >= 0.6 is 0 Å². The summed E-state index contributed by atoms with van der Waals surface area (Å²) in [6, 6.07) is 8.33. The number of benzene rings is 1. The average molecular weight is 233 g/mol. The van der Waals surface area contributed by atoms with Crippen LogP contribution in [0.25, 0.3) is 0 Å². The summed E-state index contributed by atoms with van der Waals surface area (Å²) in [6.45, 7) is 2.39. The quantitative estimate of drug-likeness (QED) is 0.870. The van der Waals surface area contributed by atoms with Gasteiger partial charge >= 0.3 is 6.09 Å². The van der Waals surface area contributed by atoms with Gasteiger partial charge in [0.1, 0.15) is 6.61 Å². The lowest BCUT2D eigenvalue weighted by Crippen LogP contribution is -2.32. The molecule has 1 saturated carbocycles. The second kappa shape index (κ2) is 5.71. The van der Waals surface area contributed by atoms with Crippen LogP contribution in [0.1, 0.15) is 36.8 Å². The SMILES string of the molecule is Cc1ccc(COC(=O)NC2CCCC2)cc1. The van der Waals surface area contributed by atoms with Crippen LogP contribution in [0.4, 0.5) is 4.79 Å². The first-order chi connectivity index (χ1) is 8.24. The molecule has 2 rings (SSSR count). The number of carbonyl (C=O) groups excluding carboxylic acids is 1. The molecule has 1 aliphatic carbocycles. The van der Waals surface area contributed by atoms with Crippen molar-refractivity contribution in [3.63, 3.8) is 0 Å². The van der Waals surface area contributed by atoms with Crippen molar-refractivity contribution in [3.05, 3.63) is 35.4 Å². The lowest BCUT2D eigenvalue weighted by Gasteiger charge is -2.12. The van der Waals surface area contributed by atoms with E-state index in [0.717, 1.165) is 18.4 Å². The van der Waals surface area contributed by atoms with E-state index in [-0.39, 0.29) is 6.09 Å². The van der Waals surface area contributed by atoms with Crippen LogP contribution in [0.3, 0.4) is 0 Å². The van der Waals surface area contributed by atoms with E-state index in [0.29, 0.717) is 12.6 Å². The molecule has 0 radical (unpaired) electrons. The van der Waals surface area contributed by atoms with Crippen LogP contribution in [0.5, 0.6) is 0 Å². The van der Waals surface area contributed by atoms with E-state index in [1.807, 2.05) is 31.2 Å². The highest BCUT2D eigenvalue weighted by atomic mass is 16.5. The lowest BCUT2D eigenvalue weighted by atomic mass is 10.2. The summed E-state index contributed by atoms with van der Waals surface area (Å²) in [5.74, 6) is 0.